The molecule has 3 aromatic rings. The Balaban J connectivity index is 1.89. The summed E-state index contributed by atoms with van der Waals surface area (Å²) < 4.78 is 6.74. The van der Waals surface area contributed by atoms with Crippen molar-refractivity contribution in [3.05, 3.63) is 69.9 Å². The van der Waals surface area contributed by atoms with Crippen LogP contribution in [0, 0.1) is 6.92 Å². The lowest BCUT2D eigenvalue weighted by molar-refractivity contribution is 0.152. The van der Waals surface area contributed by atoms with Crippen LogP contribution in [0.3, 0.4) is 0 Å². The Hall–Kier alpha value is -1.58. The molecule has 1 aromatic heterocycles. The number of hydrogen-bond acceptors (Lipinski definition) is 2. The molecule has 0 saturated carbocycles. The Morgan fingerprint density at radius 1 is 1.15 bits per heavy atom. The van der Waals surface area contributed by atoms with Crippen molar-refractivity contribution in [3.63, 3.8) is 0 Å². The van der Waals surface area contributed by atoms with E-state index in [1.807, 2.05) is 49.4 Å². The summed E-state index contributed by atoms with van der Waals surface area (Å²) in [4.78, 5) is 0. The minimum atomic E-state index is -0.638. The summed E-state index contributed by atoms with van der Waals surface area (Å²) in [5.74, 6) is 0.612. The maximum absolute atomic E-state index is 10.4. The van der Waals surface area contributed by atoms with Gasteiger partial charge in [0.25, 0.3) is 0 Å². The van der Waals surface area contributed by atoms with E-state index in [2.05, 4.69) is 22.0 Å². The lowest BCUT2D eigenvalue weighted by Gasteiger charge is -2.09. The summed E-state index contributed by atoms with van der Waals surface area (Å²) in [5, 5.41) is 11.4. The van der Waals surface area contributed by atoms with Crippen LogP contribution in [0.2, 0.25) is 0 Å². The van der Waals surface area contributed by atoms with Gasteiger partial charge in [-0.2, -0.15) is 0 Å². The molecule has 2 nitrogen and oxygen atoms in total. The molecule has 0 fully saturated rings. The predicted molar refractivity (Wildman–Crippen MR) is 83.8 cm³/mol. The van der Waals surface area contributed by atoms with Gasteiger partial charge in [-0.05, 0) is 36.8 Å². The third-order valence-corrected chi connectivity index (χ3v) is 4.16. The summed E-state index contributed by atoms with van der Waals surface area (Å²) in [6, 6.07) is 15.8. The Labute approximate surface area is 126 Å². The average molecular weight is 331 g/mol. The molecule has 3 rings (SSSR count). The van der Waals surface area contributed by atoms with E-state index in [1.54, 1.807) is 0 Å². The lowest BCUT2D eigenvalue weighted by atomic mass is 10.1. The van der Waals surface area contributed by atoms with Crippen LogP contribution in [0.25, 0.3) is 11.0 Å². The number of furan rings is 1. The van der Waals surface area contributed by atoms with Crippen molar-refractivity contribution in [1.82, 2.24) is 0 Å². The topological polar surface area (TPSA) is 33.4 Å². The van der Waals surface area contributed by atoms with Gasteiger partial charge in [0.2, 0.25) is 0 Å². The molecule has 0 amide bonds. The molecule has 0 aliphatic heterocycles. The summed E-state index contributed by atoms with van der Waals surface area (Å²) >= 11 is 3.50. The minimum absolute atomic E-state index is 0.528. The largest absolute Gasteiger partial charge is 0.458 e. The van der Waals surface area contributed by atoms with Crippen molar-refractivity contribution in [1.29, 1.82) is 0 Å². The van der Waals surface area contributed by atoms with Crippen LogP contribution in [0.15, 0.2) is 57.4 Å². The first kappa shape index (κ1) is 13.4. The molecule has 1 N–H and O–H groups in total. The van der Waals surface area contributed by atoms with Gasteiger partial charge < -0.3 is 9.52 Å². The van der Waals surface area contributed by atoms with Gasteiger partial charge in [0.05, 0.1) is 0 Å². The zero-order chi connectivity index (χ0) is 14.1. The molecule has 1 atom stereocenters. The molecule has 2 aromatic carbocycles. The van der Waals surface area contributed by atoms with Crippen molar-refractivity contribution >= 4 is 26.9 Å². The van der Waals surface area contributed by atoms with Gasteiger partial charge in [-0.15, -0.1) is 0 Å². The Bertz CT molecular complexity index is 746. The van der Waals surface area contributed by atoms with E-state index in [1.165, 1.54) is 5.56 Å². The van der Waals surface area contributed by atoms with Crippen LogP contribution >= 0.6 is 15.9 Å². The normalized spacial score (nSPS) is 12.8. The molecule has 1 heterocycles. The van der Waals surface area contributed by atoms with Crippen LogP contribution in [-0.2, 0) is 6.42 Å². The van der Waals surface area contributed by atoms with Crippen LogP contribution in [0.1, 0.15) is 23.0 Å². The second kappa shape index (κ2) is 5.43. The van der Waals surface area contributed by atoms with E-state index >= 15 is 0 Å². The summed E-state index contributed by atoms with van der Waals surface area (Å²) in [6.07, 6.45) is -0.110. The highest BCUT2D eigenvalue weighted by atomic mass is 79.9. The fraction of sp³-hybridized carbons (Fsp3) is 0.176. The fourth-order valence-corrected chi connectivity index (χ4v) is 2.77. The van der Waals surface area contributed by atoms with Gasteiger partial charge >= 0.3 is 0 Å². The van der Waals surface area contributed by atoms with Gasteiger partial charge in [0, 0.05) is 16.3 Å². The average Bonchev–Trinajstić information content (AvgIpc) is 2.84. The molecule has 0 spiro atoms. The van der Waals surface area contributed by atoms with Crippen LogP contribution in [-0.4, -0.2) is 5.11 Å². The molecule has 0 radical (unpaired) electrons. The second-order valence-corrected chi connectivity index (χ2v) is 5.86. The maximum atomic E-state index is 10.4. The quantitative estimate of drug-likeness (QED) is 0.749. The monoisotopic (exact) mass is 330 g/mol. The first-order valence-corrected chi connectivity index (χ1v) is 7.34. The van der Waals surface area contributed by atoms with Gasteiger partial charge in [0.1, 0.15) is 17.4 Å². The van der Waals surface area contributed by atoms with Crippen molar-refractivity contribution in [2.24, 2.45) is 0 Å². The van der Waals surface area contributed by atoms with E-state index in [0.717, 1.165) is 21.0 Å². The van der Waals surface area contributed by atoms with Gasteiger partial charge in [-0.25, -0.2) is 0 Å². The van der Waals surface area contributed by atoms with E-state index in [-0.39, 0.29) is 0 Å². The van der Waals surface area contributed by atoms with E-state index in [4.69, 9.17) is 4.42 Å². The number of halogens is 1. The van der Waals surface area contributed by atoms with Crippen molar-refractivity contribution in [3.8, 4) is 0 Å². The summed E-state index contributed by atoms with van der Waals surface area (Å²) in [6.45, 7) is 2.05. The first-order valence-electron chi connectivity index (χ1n) is 6.55. The second-order valence-electron chi connectivity index (χ2n) is 5.00. The first-order chi connectivity index (χ1) is 9.63. The molecule has 0 aliphatic carbocycles. The summed E-state index contributed by atoms with van der Waals surface area (Å²) in [5.41, 5.74) is 3.07. The zero-order valence-corrected chi connectivity index (χ0v) is 12.7. The van der Waals surface area contributed by atoms with Gasteiger partial charge in [-0.1, -0.05) is 45.8 Å². The number of hydrogen-bond donors (Lipinski definition) is 1. The zero-order valence-electron chi connectivity index (χ0n) is 11.1. The predicted octanol–water partition coefficient (Wildman–Crippen LogP) is 4.78. The van der Waals surface area contributed by atoms with Crippen molar-refractivity contribution < 1.29 is 9.52 Å². The van der Waals surface area contributed by atoms with Crippen LogP contribution in [0.5, 0.6) is 0 Å². The number of aliphatic hydroxyl groups is 1. The van der Waals surface area contributed by atoms with E-state index in [9.17, 15) is 5.11 Å². The molecular formula is C17H15BrO2. The minimum Gasteiger partial charge on any atom is -0.458 e. The van der Waals surface area contributed by atoms with Crippen LogP contribution < -0.4 is 0 Å². The van der Waals surface area contributed by atoms with Crippen LogP contribution in [0.4, 0.5) is 0 Å². The Morgan fingerprint density at radius 2 is 1.95 bits per heavy atom. The molecule has 0 aliphatic rings. The fourth-order valence-electron chi connectivity index (χ4n) is 2.32. The highest BCUT2D eigenvalue weighted by Gasteiger charge is 2.15. The third-order valence-electron chi connectivity index (χ3n) is 3.39. The Kier molecular flexibility index (Phi) is 3.64. The van der Waals surface area contributed by atoms with Gasteiger partial charge in [0.15, 0.2) is 0 Å². The molecule has 102 valence electrons. The molecule has 3 heteroatoms. The van der Waals surface area contributed by atoms with Gasteiger partial charge in [-0.3, -0.25) is 0 Å². The summed E-state index contributed by atoms with van der Waals surface area (Å²) in [7, 11) is 0. The smallest absolute Gasteiger partial charge is 0.134 e. The molecule has 20 heavy (non-hydrogen) atoms. The molecule has 0 bridgehead atoms. The number of aryl methyl sites for hydroxylation is 1. The number of benzene rings is 2. The lowest BCUT2D eigenvalue weighted by Crippen LogP contribution is -2.00. The third kappa shape index (κ3) is 2.65. The van der Waals surface area contributed by atoms with Crippen molar-refractivity contribution in [2.45, 2.75) is 19.4 Å². The molecule has 1 unspecified atom stereocenters. The highest BCUT2D eigenvalue weighted by Crippen LogP contribution is 2.28. The SMILES string of the molecule is Cc1ccc2oc(C(O)Cc3ccccc3Br)cc2c1. The highest BCUT2D eigenvalue weighted by molar-refractivity contribution is 9.10. The van der Waals surface area contributed by atoms with Crippen molar-refractivity contribution in [2.75, 3.05) is 0 Å². The van der Waals surface area contributed by atoms with E-state index in [0.29, 0.717) is 12.2 Å². The Morgan fingerprint density at radius 3 is 2.75 bits per heavy atom. The number of rotatable bonds is 3. The standard InChI is InChI=1S/C17H15BrO2/c1-11-6-7-16-13(8-11)10-17(20-16)15(19)9-12-4-2-3-5-14(12)18/h2-8,10,15,19H,9H2,1H3. The van der Waals surface area contributed by atoms with E-state index < -0.39 is 6.10 Å². The number of aliphatic hydroxyl groups excluding tert-OH is 1. The number of fused-ring (bicyclic) bond motifs is 1. The molecular weight excluding hydrogens is 316 g/mol. The molecule has 0 saturated heterocycles. The maximum Gasteiger partial charge on any atom is 0.134 e.